The Morgan fingerprint density at radius 2 is 1.70 bits per heavy atom. The first-order chi connectivity index (χ1) is 10.9. The monoisotopic (exact) mass is 336 g/mol. The summed E-state index contributed by atoms with van der Waals surface area (Å²) in [4.78, 5) is 23.6. The van der Waals surface area contributed by atoms with Crippen molar-refractivity contribution >= 4 is 27.3 Å². The van der Waals surface area contributed by atoms with E-state index in [2.05, 4.69) is 10.6 Å². The maximum atomic E-state index is 12.0. The molecule has 23 heavy (non-hydrogen) atoms. The topological polar surface area (TPSA) is 92.3 Å². The van der Waals surface area contributed by atoms with Crippen LogP contribution in [0, 0.1) is 11.8 Å². The van der Waals surface area contributed by atoms with E-state index in [1.165, 1.54) is 0 Å². The highest BCUT2D eigenvalue weighted by Crippen LogP contribution is 2.30. The zero-order valence-corrected chi connectivity index (χ0v) is 13.6. The fourth-order valence-electron chi connectivity index (χ4n) is 2.63. The minimum Gasteiger partial charge on any atom is -0.352 e. The van der Waals surface area contributed by atoms with Gasteiger partial charge in [0.2, 0.25) is 11.8 Å². The van der Waals surface area contributed by atoms with Gasteiger partial charge < -0.3 is 10.6 Å². The van der Waals surface area contributed by atoms with Crippen molar-refractivity contribution in [2.45, 2.75) is 25.8 Å². The molecule has 0 unspecified atom stereocenters. The van der Waals surface area contributed by atoms with E-state index in [0.717, 1.165) is 24.1 Å². The van der Waals surface area contributed by atoms with Gasteiger partial charge in [-0.05, 0) is 37.0 Å². The van der Waals surface area contributed by atoms with Gasteiger partial charge in [0, 0.05) is 18.2 Å². The van der Waals surface area contributed by atoms with Crippen molar-refractivity contribution in [2.75, 3.05) is 16.8 Å². The Labute approximate surface area is 135 Å². The van der Waals surface area contributed by atoms with Crippen LogP contribution in [0.4, 0.5) is 5.69 Å². The van der Waals surface area contributed by atoms with Crippen molar-refractivity contribution < 1.29 is 18.0 Å². The van der Waals surface area contributed by atoms with Gasteiger partial charge in [-0.25, -0.2) is 8.42 Å². The van der Waals surface area contributed by atoms with Crippen molar-refractivity contribution in [3.8, 4) is 0 Å². The molecule has 0 spiro atoms. The number of rotatable bonds is 5. The summed E-state index contributed by atoms with van der Waals surface area (Å²) in [6, 6.07) is 7.30. The van der Waals surface area contributed by atoms with E-state index in [0.29, 0.717) is 13.0 Å². The molecule has 1 aliphatic carbocycles. The standard InChI is InChI=1S/C16H20N2O4S/c19-15(13-7-8-23(21,22)10-13)17-9-11-1-5-14(6-2-11)18-16(20)12-3-4-12/h1-2,5-6,12-13H,3-4,7-10H2,(H,17,19)(H,18,20)/t13-/m1/s1. The first kappa shape index (κ1) is 16.0. The fraction of sp³-hybridized carbons (Fsp3) is 0.500. The van der Waals surface area contributed by atoms with Crippen LogP contribution in [0.3, 0.4) is 0 Å². The number of nitrogens with one attached hydrogen (secondary N) is 2. The Kier molecular flexibility index (Phi) is 4.39. The second-order valence-electron chi connectivity index (χ2n) is 6.28. The SMILES string of the molecule is O=C(Nc1ccc(CNC(=O)[C@@H]2CCS(=O)(=O)C2)cc1)C1CC1. The zero-order chi connectivity index (χ0) is 16.4. The van der Waals surface area contributed by atoms with E-state index in [4.69, 9.17) is 0 Å². The molecule has 2 amide bonds. The van der Waals surface area contributed by atoms with Crippen LogP contribution in [0.2, 0.25) is 0 Å². The van der Waals surface area contributed by atoms with Crippen LogP contribution in [-0.4, -0.2) is 31.7 Å². The zero-order valence-electron chi connectivity index (χ0n) is 12.7. The Balaban J connectivity index is 1.48. The lowest BCUT2D eigenvalue weighted by molar-refractivity contribution is -0.124. The highest BCUT2D eigenvalue weighted by Gasteiger charge is 2.32. The number of hydrogen-bond donors (Lipinski definition) is 2. The first-order valence-corrected chi connectivity index (χ1v) is 9.63. The molecule has 3 rings (SSSR count). The van der Waals surface area contributed by atoms with E-state index < -0.39 is 15.8 Å². The van der Waals surface area contributed by atoms with Gasteiger partial charge in [-0.1, -0.05) is 12.1 Å². The number of carbonyl (C=O) groups is 2. The molecule has 1 aromatic carbocycles. The Bertz CT molecular complexity index is 708. The molecule has 2 fully saturated rings. The molecule has 6 nitrogen and oxygen atoms in total. The van der Waals surface area contributed by atoms with E-state index in [1.807, 2.05) is 24.3 Å². The molecule has 2 N–H and O–H groups in total. The van der Waals surface area contributed by atoms with Gasteiger partial charge in [0.1, 0.15) is 0 Å². The van der Waals surface area contributed by atoms with Crippen LogP contribution < -0.4 is 10.6 Å². The van der Waals surface area contributed by atoms with Crippen molar-refractivity contribution in [1.29, 1.82) is 0 Å². The first-order valence-electron chi connectivity index (χ1n) is 7.81. The van der Waals surface area contributed by atoms with Crippen molar-refractivity contribution in [3.63, 3.8) is 0 Å². The van der Waals surface area contributed by atoms with E-state index >= 15 is 0 Å². The van der Waals surface area contributed by atoms with Gasteiger partial charge >= 0.3 is 0 Å². The maximum absolute atomic E-state index is 12.0. The minimum absolute atomic E-state index is 0.0506. The van der Waals surface area contributed by atoms with Gasteiger partial charge in [0.15, 0.2) is 9.84 Å². The Morgan fingerprint density at radius 1 is 1.00 bits per heavy atom. The molecule has 2 aliphatic rings. The average molecular weight is 336 g/mol. The van der Waals surface area contributed by atoms with E-state index in [9.17, 15) is 18.0 Å². The predicted octanol–water partition coefficient (Wildman–Crippen LogP) is 1.09. The third-order valence-electron chi connectivity index (χ3n) is 4.24. The number of hydrogen-bond acceptors (Lipinski definition) is 4. The number of anilines is 1. The van der Waals surface area contributed by atoms with E-state index in [1.54, 1.807) is 0 Å². The molecule has 1 heterocycles. The van der Waals surface area contributed by atoms with Gasteiger partial charge in [0.05, 0.1) is 17.4 Å². The Morgan fingerprint density at radius 3 is 2.26 bits per heavy atom. The van der Waals surface area contributed by atoms with Crippen LogP contribution in [0.15, 0.2) is 24.3 Å². The van der Waals surface area contributed by atoms with Crippen LogP contribution in [0.1, 0.15) is 24.8 Å². The molecule has 1 atom stereocenters. The van der Waals surface area contributed by atoms with Crippen LogP contribution in [0.5, 0.6) is 0 Å². The molecule has 0 aromatic heterocycles. The lowest BCUT2D eigenvalue weighted by atomic mass is 10.1. The second-order valence-corrected chi connectivity index (χ2v) is 8.51. The van der Waals surface area contributed by atoms with Crippen molar-refractivity contribution in [3.05, 3.63) is 29.8 Å². The summed E-state index contributed by atoms with van der Waals surface area (Å²) in [5.41, 5.74) is 1.66. The normalized spacial score (nSPS) is 22.5. The van der Waals surface area contributed by atoms with Crippen molar-refractivity contribution in [1.82, 2.24) is 5.32 Å². The molecular formula is C16H20N2O4S. The summed E-state index contributed by atoms with van der Waals surface area (Å²) in [5, 5.41) is 5.63. The average Bonchev–Trinajstić information content (AvgIpc) is 3.30. The third-order valence-corrected chi connectivity index (χ3v) is 6.01. The molecule has 0 bridgehead atoms. The van der Waals surface area contributed by atoms with Crippen LogP contribution in [0.25, 0.3) is 0 Å². The van der Waals surface area contributed by atoms with Crippen LogP contribution in [-0.2, 0) is 26.0 Å². The largest absolute Gasteiger partial charge is 0.352 e. The summed E-state index contributed by atoms with van der Waals surface area (Å²) >= 11 is 0. The third kappa shape index (κ3) is 4.31. The molecule has 1 saturated carbocycles. The van der Waals surface area contributed by atoms with E-state index in [-0.39, 0.29) is 29.2 Å². The molecule has 1 aliphatic heterocycles. The number of sulfone groups is 1. The lowest BCUT2D eigenvalue weighted by Gasteiger charge is -2.10. The quantitative estimate of drug-likeness (QED) is 0.842. The van der Waals surface area contributed by atoms with Gasteiger partial charge in [-0.3, -0.25) is 9.59 Å². The predicted molar refractivity (Wildman–Crippen MR) is 86.4 cm³/mol. The summed E-state index contributed by atoms with van der Waals surface area (Å²) in [6.07, 6.45) is 2.33. The lowest BCUT2D eigenvalue weighted by Crippen LogP contribution is -2.30. The van der Waals surface area contributed by atoms with Crippen molar-refractivity contribution in [2.24, 2.45) is 11.8 Å². The highest BCUT2D eigenvalue weighted by molar-refractivity contribution is 7.91. The van der Waals surface area contributed by atoms with Gasteiger partial charge in [-0.15, -0.1) is 0 Å². The highest BCUT2D eigenvalue weighted by atomic mass is 32.2. The maximum Gasteiger partial charge on any atom is 0.227 e. The molecule has 1 aromatic rings. The smallest absolute Gasteiger partial charge is 0.227 e. The molecule has 7 heteroatoms. The molecule has 1 saturated heterocycles. The van der Waals surface area contributed by atoms with Gasteiger partial charge in [0.25, 0.3) is 0 Å². The summed E-state index contributed by atoms with van der Waals surface area (Å²) in [6.45, 7) is 0.353. The Hall–Kier alpha value is -1.89. The summed E-state index contributed by atoms with van der Waals surface area (Å²) in [7, 11) is -3.04. The molecule has 0 radical (unpaired) electrons. The second kappa shape index (κ2) is 6.31. The number of benzene rings is 1. The fourth-order valence-corrected chi connectivity index (χ4v) is 4.37. The van der Waals surface area contributed by atoms with Gasteiger partial charge in [-0.2, -0.15) is 0 Å². The molecular weight excluding hydrogens is 316 g/mol. The molecule has 124 valence electrons. The summed E-state index contributed by atoms with van der Waals surface area (Å²) in [5.74, 6) is -0.370. The van der Waals surface area contributed by atoms with Crippen LogP contribution >= 0.6 is 0 Å². The minimum atomic E-state index is -3.04. The number of carbonyl (C=O) groups excluding carboxylic acids is 2. The summed E-state index contributed by atoms with van der Waals surface area (Å²) < 4.78 is 22.8. The number of amides is 2.